The minimum absolute atomic E-state index is 0.487. The van der Waals surface area contributed by atoms with Gasteiger partial charge in [0, 0.05) is 12.3 Å². The summed E-state index contributed by atoms with van der Waals surface area (Å²) in [6, 6.07) is 0. The van der Waals surface area contributed by atoms with Crippen LogP contribution in [0, 0.1) is 0 Å². The van der Waals surface area contributed by atoms with Crippen LogP contribution in [0.15, 0.2) is 0 Å². The van der Waals surface area contributed by atoms with Gasteiger partial charge < -0.3 is 4.57 Å². The molecule has 1 rings (SSSR count). The molecule has 3 heteroatoms. The van der Waals surface area contributed by atoms with Crippen LogP contribution in [0.1, 0.15) is 19.8 Å². The summed E-state index contributed by atoms with van der Waals surface area (Å²) in [5.41, 5.74) is -1.04. The third-order valence-electron chi connectivity index (χ3n) is 2.21. The molecule has 1 nitrogen and oxygen atoms in total. The minimum atomic E-state index is -1.91. The van der Waals surface area contributed by atoms with Crippen molar-refractivity contribution in [2.45, 2.75) is 25.4 Å². The molecule has 1 aliphatic rings. The first-order valence-electron chi connectivity index (χ1n) is 3.66. The fraction of sp³-hybridized carbons (Fsp3) is 1.00. The highest BCUT2D eigenvalue weighted by Crippen LogP contribution is 2.49. The summed E-state index contributed by atoms with van der Waals surface area (Å²) < 4.78 is 24.4. The van der Waals surface area contributed by atoms with Crippen LogP contribution in [0.2, 0.25) is 0 Å². The van der Waals surface area contributed by atoms with Crippen molar-refractivity contribution >= 4 is 7.14 Å². The molecule has 0 aromatic heterocycles. The van der Waals surface area contributed by atoms with E-state index in [9.17, 15) is 8.96 Å². The van der Waals surface area contributed by atoms with Gasteiger partial charge in [-0.05, 0) is 26.4 Å². The smallest absolute Gasteiger partial charge is 0.109 e. The average molecular weight is 164 g/mol. The lowest BCUT2D eigenvalue weighted by Gasteiger charge is -2.29. The molecule has 10 heavy (non-hydrogen) atoms. The normalized spacial score (nSPS) is 49.1. The van der Waals surface area contributed by atoms with Crippen LogP contribution in [0.3, 0.4) is 0 Å². The van der Waals surface area contributed by atoms with Crippen molar-refractivity contribution < 1.29 is 8.96 Å². The van der Waals surface area contributed by atoms with Crippen LogP contribution in [0.4, 0.5) is 4.39 Å². The topological polar surface area (TPSA) is 17.1 Å². The molecule has 0 aromatic rings. The Morgan fingerprint density at radius 3 is 2.10 bits per heavy atom. The zero-order chi connectivity index (χ0) is 7.83. The van der Waals surface area contributed by atoms with Crippen LogP contribution in [-0.4, -0.2) is 24.7 Å². The second-order valence-electron chi connectivity index (χ2n) is 3.66. The van der Waals surface area contributed by atoms with E-state index in [2.05, 4.69) is 0 Å². The average Bonchev–Trinajstić information content (AvgIpc) is 1.79. The molecule has 0 spiro atoms. The van der Waals surface area contributed by atoms with Crippen LogP contribution in [0.25, 0.3) is 0 Å². The summed E-state index contributed by atoms with van der Waals surface area (Å²) in [4.78, 5) is 0. The molecule has 0 radical (unpaired) electrons. The van der Waals surface area contributed by atoms with Gasteiger partial charge >= 0.3 is 0 Å². The van der Waals surface area contributed by atoms with Gasteiger partial charge in [0.2, 0.25) is 0 Å². The zero-order valence-electron chi connectivity index (χ0n) is 6.56. The lowest BCUT2D eigenvalue weighted by atomic mass is 10.0. The lowest BCUT2D eigenvalue weighted by Crippen LogP contribution is -2.26. The first-order valence-corrected chi connectivity index (χ1v) is 6.18. The summed E-state index contributed by atoms with van der Waals surface area (Å²) >= 11 is 0. The molecule has 1 aliphatic heterocycles. The summed E-state index contributed by atoms with van der Waals surface area (Å²) in [7, 11) is -1.91. The van der Waals surface area contributed by atoms with E-state index in [1.54, 1.807) is 13.6 Å². The molecule has 0 saturated carbocycles. The first kappa shape index (κ1) is 8.26. The van der Waals surface area contributed by atoms with E-state index < -0.39 is 12.8 Å². The van der Waals surface area contributed by atoms with Crippen LogP contribution in [0.5, 0.6) is 0 Å². The Bertz CT molecular complexity index is 162. The van der Waals surface area contributed by atoms with Crippen molar-refractivity contribution in [3.8, 4) is 0 Å². The molecule has 1 heterocycles. The second-order valence-corrected chi connectivity index (χ2v) is 7.15. The molecular formula is C7H14FOP. The maximum Gasteiger partial charge on any atom is 0.109 e. The van der Waals surface area contributed by atoms with E-state index in [1.165, 1.54) is 0 Å². The van der Waals surface area contributed by atoms with Crippen molar-refractivity contribution in [1.29, 1.82) is 0 Å². The number of hydrogen-bond acceptors (Lipinski definition) is 1. The molecule has 0 N–H and O–H groups in total. The first-order chi connectivity index (χ1) is 4.41. The zero-order valence-corrected chi connectivity index (χ0v) is 7.46. The van der Waals surface area contributed by atoms with Gasteiger partial charge in [-0.1, -0.05) is 0 Å². The molecule has 0 amide bonds. The Balaban J connectivity index is 2.54. The summed E-state index contributed by atoms with van der Waals surface area (Å²) in [6.07, 6.45) is 2.17. The fourth-order valence-electron chi connectivity index (χ4n) is 1.18. The molecule has 1 saturated heterocycles. The van der Waals surface area contributed by atoms with Crippen molar-refractivity contribution in [2.24, 2.45) is 0 Å². The van der Waals surface area contributed by atoms with Crippen molar-refractivity contribution in [3.05, 3.63) is 0 Å². The molecule has 60 valence electrons. The van der Waals surface area contributed by atoms with Gasteiger partial charge in [0.25, 0.3) is 0 Å². The molecule has 0 bridgehead atoms. The third-order valence-corrected chi connectivity index (χ3v) is 4.55. The number of alkyl halides is 1. The molecule has 0 unspecified atom stereocenters. The largest absolute Gasteiger partial charge is 0.324 e. The van der Waals surface area contributed by atoms with Gasteiger partial charge in [-0.3, -0.25) is 0 Å². The van der Waals surface area contributed by atoms with Crippen molar-refractivity contribution in [2.75, 3.05) is 19.0 Å². The van der Waals surface area contributed by atoms with Gasteiger partial charge in [-0.15, -0.1) is 0 Å². The Morgan fingerprint density at radius 1 is 1.40 bits per heavy atom. The molecular weight excluding hydrogens is 150 g/mol. The second kappa shape index (κ2) is 2.34. The van der Waals surface area contributed by atoms with Gasteiger partial charge in [0.05, 0.1) is 7.14 Å². The fourth-order valence-corrected chi connectivity index (χ4v) is 3.28. The summed E-state index contributed by atoms with van der Waals surface area (Å²) in [5, 5.41) is 0. The minimum Gasteiger partial charge on any atom is -0.324 e. The number of halogens is 1. The molecule has 0 aromatic carbocycles. The molecule has 1 fully saturated rings. The highest BCUT2D eigenvalue weighted by Gasteiger charge is 2.33. The lowest BCUT2D eigenvalue weighted by molar-refractivity contribution is 0.172. The van der Waals surface area contributed by atoms with Gasteiger partial charge in [-0.25, -0.2) is 4.39 Å². The van der Waals surface area contributed by atoms with Gasteiger partial charge in [0.15, 0.2) is 0 Å². The van der Waals surface area contributed by atoms with E-state index >= 15 is 0 Å². The maximum atomic E-state index is 13.1. The van der Waals surface area contributed by atoms with Crippen molar-refractivity contribution in [1.82, 2.24) is 0 Å². The van der Waals surface area contributed by atoms with E-state index in [0.717, 1.165) is 0 Å². The van der Waals surface area contributed by atoms with Crippen LogP contribution < -0.4 is 0 Å². The van der Waals surface area contributed by atoms with E-state index in [0.29, 0.717) is 25.2 Å². The Labute approximate surface area is 61.4 Å². The van der Waals surface area contributed by atoms with E-state index in [1.807, 2.05) is 0 Å². The Kier molecular flexibility index (Phi) is 1.93. The third kappa shape index (κ3) is 2.09. The number of rotatable bonds is 0. The SMILES string of the molecule is CC1(F)CCP(C)(=O)CC1. The highest BCUT2D eigenvalue weighted by molar-refractivity contribution is 7.63. The van der Waals surface area contributed by atoms with Gasteiger partial charge in [-0.2, -0.15) is 0 Å². The van der Waals surface area contributed by atoms with Crippen LogP contribution in [-0.2, 0) is 4.57 Å². The molecule has 0 aliphatic carbocycles. The van der Waals surface area contributed by atoms with Gasteiger partial charge in [0.1, 0.15) is 5.67 Å². The maximum absolute atomic E-state index is 13.1. The Morgan fingerprint density at radius 2 is 1.80 bits per heavy atom. The van der Waals surface area contributed by atoms with E-state index in [4.69, 9.17) is 0 Å². The highest BCUT2D eigenvalue weighted by atomic mass is 31.2. The predicted octanol–water partition coefficient (Wildman–Crippen LogP) is 2.50. The summed E-state index contributed by atoms with van der Waals surface area (Å²) in [5.74, 6) is 0. The quantitative estimate of drug-likeness (QED) is 0.503. The van der Waals surface area contributed by atoms with Crippen LogP contribution >= 0.6 is 7.14 Å². The monoisotopic (exact) mass is 164 g/mol. The predicted molar refractivity (Wildman–Crippen MR) is 42.0 cm³/mol. The number of hydrogen-bond donors (Lipinski definition) is 0. The Hall–Kier alpha value is 0.160. The molecule has 0 atom stereocenters. The van der Waals surface area contributed by atoms with E-state index in [-0.39, 0.29) is 0 Å². The van der Waals surface area contributed by atoms with Crippen molar-refractivity contribution in [3.63, 3.8) is 0 Å². The standard InChI is InChI=1S/C7H14FOP/c1-7(8)3-5-10(2,9)6-4-7/h3-6H2,1-2H3. The summed E-state index contributed by atoms with van der Waals surface area (Å²) in [6.45, 7) is 3.38.